The van der Waals surface area contributed by atoms with Crippen LogP contribution in [0.15, 0.2) is 28.9 Å². The number of esters is 1. The number of aromatic nitrogens is 1. The number of rotatable bonds is 5. The quantitative estimate of drug-likeness (QED) is 0.793. The molecule has 0 fully saturated rings. The van der Waals surface area contributed by atoms with Gasteiger partial charge in [-0.3, -0.25) is 4.79 Å². The lowest BCUT2D eigenvalue weighted by molar-refractivity contribution is -0.142. The number of halogens is 1. The van der Waals surface area contributed by atoms with Crippen molar-refractivity contribution >= 4 is 17.6 Å². The van der Waals surface area contributed by atoms with Crippen LogP contribution in [-0.2, 0) is 16.0 Å². The Hall–Kier alpha value is -2.01. The second-order valence-electron chi connectivity index (χ2n) is 3.97. The van der Waals surface area contributed by atoms with E-state index in [1.54, 1.807) is 32.2 Å². The van der Waals surface area contributed by atoms with Crippen LogP contribution in [0.3, 0.4) is 0 Å². The Bertz CT molecular complexity index is 609. The number of carbonyl (C=O) groups is 1. The molecule has 0 unspecified atom stereocenters. The molecule has 1 heterocycles. The molecule has 0 aliphatic carbocycles. The Balaban J connectivity index is 2.24. The van der Waals surface area contributed by atoms with Gasteiger partial charge in [-0.15, -0.1) is 0 Å². The molecule has 2 aromatic rings. The summed E-state index contributed by atoms with van der Waals surface area (Å²) in [6, 6.07) is 5.14. The van der Waals surface area contributed by atoms with Gasteiger partial charge in [0.25, 0.3) is 0 Å². The molecule has 20 heavy (non-hydrogen) atoms. The molecule has 0 saturated carbocycles. The van der Waals surface area contributed by atoms with Crippen LogP contribution >= 0.6 is 11.6 Å². The van der Waals surface area contributed by atoms with Crippen molar-refractivity contribution < 1.29 is 18.7 Å². The van der Waals surface area contributed by atoms with Crippen molar-refractivity contribution in [2.75, 3.05) is 13.7 Å². The van der Waals surface area contributed by atoms with Crippen LogP contribution in [0.4, 0.5) is 0 Å². The van der Waals surface area contributed by atoms with Crippen LogP contribution in [0.5, 0.6) is 5.75 Å². The third-order valence-corrected chi connectivity index (χ3v) is 2.81. The Morgan fingerprint density at radius 1 is 1.45 bits per heavy atom. The fourth-order valence-electron chi connectivity index (χ4n) is 1.72. The molecule has 0 aliphatic rings. The van der Waals surface area contributed by atoms with Gasteiger partial charge in [-0.25, -0.2) is 4.98 Å². The number of nitrogens with zero attached hydrogens (tertiary/aromatic N) is 1. The highest BCUT2D eigenvalue weighted by Gasteiger charge is 2.15. The fourth-order valence-corrected chi connectivity index (χ4v) is 1.89. The Labute approximate surface area is 121 Å². The summed E-state index contributed by atoms with van der Waals surface area (Å²) >= 11 is 5.96. The van der Waals surface area contributed by atoms with Crippen molar-refractivity contribution in [3.05, 3.63) is 35.2 Å². The molecule has 106 valence electrons. The molecule has 0 radical (unpaired) electrons. The fraction of sp³-hybridized carbons (Fsp3) is 0.286. The SMILES string of the molecule is CCOC(=O)Cc1coc(-c2cc(Cl)ccc2OC)n1. The molecule has 0 saturated heterocycles. The third kappa shape index (κ3) is 3.30. The first-order valence-electron chi connectivity index (χ1n) is 6.08. The van der Waals surface area contributed by atoms with Gasteiger partial charge in [-0.05, 0) is 25.1 Å². The molecule has 2 rings (SSSR count). The van der Waals surface area contributed by atoms with E-state index in [1.807, 2.05) is 0 Å². The zero-order chi connectivity index (χ0) is 14.5. The minimum atomic E-state index is -0.342. The van der Waals surface area contributed by atoms with Gasteiger partial charge in [-0.2, -0.15) is 0 Å². The molecule has 0 atom stereocenters. The maximum absolute atomic E-state index is 11.4. The van der Waals surface area contributed by atoms with Crippen LogP contribution in [0.1, 0.15) is 12.6 Å². The highest BCUT2D eigenvalue weighted by molar-refractivity contribution is 6.30. The molecule has 6 heteroatoms. The van der Waals surface area contributed by atoms with Crippen LogP contribution in [-0.4, -0.2) is 24.7 Å². The lowest BCUT2D eigenvalue weighted by Gasteiger charge is -2.05. The van der Waals surface area contributed by atoms with Crippen molar-refractivity contribution in [1.82, 2.24) is 4.98 Å². The molecule has 0 amide bonds. The average molecular weight is 296 g/mol. The van der Waals surface area contributed by atoms with E-state index in [0.29, 0.717) is 34.5 Å². The van der Waals surface area contributed by atoms with E-state index in [4.69, 9.17) is 25.5 Å². The lowest BCUT2D eigenvalue weighted by Crippen LogP contribution is -2.07. The maximum atomic E-state index is 11.4. The number of carbonyl (C=O) groups excluding carboxylic acids is 1. The molecule has 0 aliphatic heterocycles. The average Bonchev–Trinajstić information content (AvgIpc) is 2.87. The van der Waals surface area contributed by atoms with Crippen LogP contribution < -0.4 is 4.74 Å². The van der Waals surface area contributed by atoms with Gasteiger partial charge in [0.05, 0.1) is 31.4 Å². The number of oxazole rings is 1. The maximum Gasteiger partial charge on any atom is 0.311 e. The van der Waals surface area contributed by atoms with E-state index in [1.165, 1.54) is 6.26 Å². The van der Waals surface area contributed by atoms with E-state index in [-0.39, 0.29) is 12.4 Å². The zero-order valence-electron chi connectivity index (χ0n) is 11.2. The highest BCUT2D eigenvalue weighted by atomic mass is 35.5. The number of hydrogen-bond donors (Lipinski definition) is 0. The summed E-state index contributed by atoms with van der Waals surface area (Å²) < 4.78 is 15.5. The van der Waals surface area contributed by atoms with E-state index in [2.05, 4.69) is 4.98 Å². The largest absolute Gasteiger partial charge is 0.496 e. The van der Waals surface area contributed by atoms with Gasteiger partial charge in [0.1, 0.15) is 12.0 Å². The van der Waals surface area contributed by atoms with Gasteiger partial charge in [0, 0.05) is 5.02 Å². The van der Waals surface area contributed by atoms with Crippen molar-refractivity contribution in [3.63, 3.8) is 0 Å². The van der Waals surface area contributed by atoms with Gasteiger partial charge < -0.3 is 13.9 Å². The molecule has 1 aromatic carbocycles. The Morgan fingerprint density at radius 2 is 2.25 bits per heavy atom. The lowest BCUT2D eigenvalue weighted by atomic mass is 10.2. The molecule has 5 nitrogen and oxygen atoms in total. The molecule has 0 bridgehead atoms. The summed E-state index contributed by atoms with van der Waals surface area (Å²) in [6.45, 7) is 2.09. The van der Waals surface area contributed by atoms with Crippen molar-refractivity contribution in [3.8, 4) is 17.2 Å². The summed E-state index contributed by atoms with van der Waals surface area (Å²) in [5.41, 5.74) is 1.13. The van der Waals surface area contributed by atoms with E-state index in [9.17, 15) is 4.79 Å². The van der Waals surface area contributed by atoms with E-state index < -0.39 is 0 Å². The van der Waals surface area contributed by atoms with Gasteiger partial charge in [-0.1, -0.05) is 11.6 Å². The minimum Gasteiger partial charge on any atom is -0.496 e. The van der Waals surface area contributed by atoms with Crippen molar-refractivity contribution in [1.29, 1.82) is 0 Å². The van der Waals surface area contributed by atoms with Crippen LogP contribution in [0, 0.1) is 0 Å². The molecule has 1 aromatic heterocycles. The summed E-state index contributed by atoms with van der Waals surface area (Å²) in [7, 11) is 1.55. The Morgan fingerprint density at radius 3 is 2.95 bits per heavy atom. The normalized spacial score (nSPS) is 10.3. The molecule has 0 N–H and O–H groups in total. The monoisotopic (exact) mass is 295 g/mol. The first-order chi connectivity index (χ1) is 9.63. The standard InChI is InChI=1S/C14H14ClNO4/c1-3-19-13(17)7-10-8-20-14(16-10)11-6-9(15)4-5-12(11)18-2/h4-6,8H,3,7H2,1-2H3. The number of benzene rings is 1. The van der Waals surface area contributed by atoms with E-state index in [0.717, 1.165) is 0 Å². The summed E-state index contributed by atoms with van der Waals surface area (Å²) in [5, 5.41) is 0.547. The summed E-state index contributed by atoms with van der Waals surface area (Å²) in [6.07, 6.45) is 1.49. The van der Waals surface area contributed by atoms with Gasteiger partial charge >= 0.3 is 5.97 Å². The second-order valence-corrected chi connectivity index (χ2v) is 4.41. The highest BCUT2D eigenvalue weighted by Crippen LogP contribution is 2.31. The number of methoxy groups -OCH3 is 1. The van der Waals surface area contributed by atoms with Gasteiger partial charge in [0.2, 0.25) is 5.89 Å². The van der Waals surface area contributed by atoms with Gasteiger partial charge in [0.15, 0.2) is 0 Å². The first kappa shape index (κ1) is 14.4. The van der Waals surface area contributed by atoms with Crippen molar-refractivity contribution in [2.24, 2.45) is 0 Å². The third-order valence-electron chi connectivity index (χ3n) is 2.57. The Kier molecular flexibility index (Phi) is 4.63. The number of ether oxygens (including phenoxy) is 2. The smallest absolute Gasteiger partial charge is 0.311 e. The zero-order valence-corrected chi connectivity index (χ0v) is 11.9. The minimum absolute atomic E-state index is 0.0697. The summed E-state index contributed by atoms with van der Waals surface area (Å²) in [4.78, 5) is 15.6. The molecular weight excluding hydrogens is 282 g/mol. The van der Waals surface area contributed by atoms with Crippen LogP contribution in [0.25, 0.3) is 11.5 Å². The van der Waals surface area contributed by atoms with Crippen LogP contribution in [0.2, 0.25) is 5.02 Å². The van der Waals surface area contributed by atoms with E-state index >= 15 is 0 Å². The predicted molar refractivity (Wildman–Crippen MR) is 73.8 cm³/mol. The topological polar surface area (TPSA) is 61.6 Å². The number of hydrogen-bond acceptors (Lipinski definition) is 5. The second kappa shape index (κ2) is 6.43. The first-order valence-corrected chi connectivity index (χ1v) is 6.45. The molecule has 0 spiro atoms. The van der Waals surface area contributed by atoms with Crippen molar-refractivity contribution in [2.45, 2.75) is 13.3 Å². The predicted octanol–water partition coefficient (Wildman–Crippen LogP) is 3.11. The molecular formula is C14H14ClNO4. The summed E-state index contributed by atoms with van der Waals surface area (Å²) in [5.74, 6) is 0.605.